The third-order valence-corrected chi connectivity index (χ3v) is 5.13. The minimum atomic E-state index is -0.284. The van der Waals surface area contributed by atoms with Gasteiger partial charge in [-0.3, -0.25) is 0 Å². The number of thioether (sulfide) groups is 1. The van der Waals surface area contributed by atoms with E-state index < -0.39 is 0 Å². The highest BCUT2D eigenvalue weighted by atomic mass is 32.2. The second kappa shape index (κ2) is 7.51. The van der Waals surface area contributed by atoms with Crippen molar-refractivity contribution >= 4 is 11.8 Å². The number of hydrogen-bond donors (Lipinski definition) is 0. The van der Waals surface area contributed by atoms with Crippen molar-refractivity contribution in [2.24, 2.45) is 0 Å². The first kappa shape index (κ1) is 17.6. The summed E-state index contributed by atoms with van der Waals surface area (Å²) in [4.78, 5) is 4.42. The molecule has 1 aliphatic heterocycles. The maximum atomic E-state index is 13.0. The summed E-state index contributed by atoms with van der Waals surface area (Å²) in [7, 11) is 0. The van der Waals surface area contributed by atoms with Gasteiger partial charge in [-0.25, -0.2) is 4.39 Å². The molecule has 9 heteroatoms. The molecule has 4 aromatic rings. The van der Waals surface area contributed by atoms with E-state index >= 15 is 0 Å². The normalized spacial score (nSPS) is 12.3. The van der Waals surface area contributed by atoms with Crippen LogP contribution in [-0.2, 0) is 5.75 Å². The van der Waals surface area contributed by atoms with E-state index in [0.717, 1.165) is 16.2 Å². The summed E-state index contributed by atoms with van der Waals surface area (Å²) in [5.74, 6) is 2.51. The molecular formula is C20H13FN4O3S. The Morgan fingerprint density at radius 2 is 1.72 bits per heavy atom. The lowest BCUT2D eigenvalue weighted by atomic mass is 10.1. The van der Waals surface area contributed by atoms with Crippen molar-refractivity contribution in [1.29, 1.82) is 0 Å². The number of rotatable bonds is 5. The quantitative estimate of drug-likeness (QED) is 0.451. The van der Waals surface area contributed by atoms with Gasteiger partial charge in [-0.1, -0.05) is 16.9 Å². The summed E-state index contributed by atoms with van der Waals surface area (Å²) in [6, 6.07) is 15.3. The summed E-state index contributed by atoms with van der Waals surface area (Å²) in [6.45, 7) is 0.216. The van der Waals surface area contributed by atoms with Crippen molar-refractivity contribution in [3.05, 3.63) is 66.3 Å². The molecule has 1 aliphatic rings. The SMILES string of the molecule is Fc1ccc(-c2ccc(SCc3nc(-c4ccc5c(c4)OCO5)no3)nn2)cc1. The zero-order valence-corrected chi connectivity index (χ0v) is 15.7. The molecule has 0 fully saturated rings. The Bertz CT molecular complexity index is 1150. The van der Waals surface area contributed by atoms with Crippen molar-refractivity contribution in [3.8, 4) is 34.1 Å². The summed E-state index contributed by atoms with van der Waals surface area (Å²) in [5.41, 5.74) is 2.27. The van der Waals surface area contributed by atoms with Crippen LogP contribution < -0.4 is 9.47 Å². The molecule has 0 N–H and O–H groups in total. The first-order valence-electron chi connectivity index (χ1n) is 8.70. The van der Waals surface area contributed by atoms with Gasteiger partial charge in [0.25, 0.3) is 0 Å². The maximum Gasteiger partial charge on any atom is 0.237 e. The minimum Gasteiger partial charge on any atom is -0.454 e. The smallest absolute Gasteiger partial charge is 0.237 e. The van der Waals surface area contributed by atoms with Gasteiger partial charge in [0, 0.05) is 11.1 Å². The lowest BCUT2D eigenvalue weighted by Gasteiger charge is -2.01. The summed E-state index contributed by atoms with van der Waals surface area (Å²) >= 11 is 1.43. The molecule has 144 valence electrons. The van der Waals surface area contributed by atoms with Gasteiger partial charge < -0.3 is 14.0 Å². The maximum absolute atomic E-state index is 13.0. The van der Waals surface area contributed by atoms with E-state index in [4.69, 9.17) is 14.0 Å². The molecule has 0 aliphatic carbocycles. The van der Waals surface area contributed by atoms with Gasteiger partial charge in [0.05, 0.1) is 11.4 Å². The number of aromatic nitrogens is 4. The average molecular weight is 408 g/mol. The molecule has 0 spiro atoms. The summed E-state index contributed by atoms with van der Waals surface area (Å²) in [5, 5.41) is 13.1. The topological polar surface area (TPSA) is 83.2 Å². The Morgan fingerprint density at radius 3 is 2.55 bits per heavy atom. The van der Waals surface area contributed by atoms with E-state index in [1.807, 2.05) is 30.3 Å². The van der Waals surface area contributed by atoms with Gasteiger partial charge in [0.2, 0.25) is 18.5 Å². The van der Waals surface area contributed by atoms with Crippen LogP contribution >= 0.6 is 11.8 Å². The van der Waals surface area contributed by atoms with Crippen LogP contribution in [0, 0.1) is 5.82 Å². The average Bonchev–Trinajstić information content (AvgIpc) is 3.42. The third kappa shape index (κ3) is 3.77. The van der Waals surface area contributed by atoms with Crippen LogP contribution in [0.15, 0.2) is 64.1 Å². The number of nitrogens with zero attached hydrogens (tertiary/aromatic N) is 4. The molecule has 0 amide bonds. The summed E-state index contributed by atoms with van der Waals surface area (Å²) in [6.07, 6.45) is 0. The van der Waals surface area contributed by atoms with Crippen molar-refractivity contribution in [1.82, 2.24) is 20.3 Å². The molecule has 5 rings (SSSR count). The van der Waals surface area contributed by atoms with E-state index in [2.05, 4.69) is 20.3 Å². The molecule has 0 bridgehead atoms. The molecule has 2 aromatic carbocycles. The van der Waals surface area contributed by atoms with E-state index in [9.17, 15) is 4.39 Å². The Balaban J connectivity index is 1.24. The van der Waals surface area contributed by atoms with Crippen molar-refractivity contribution in [3.63, 3.8) is 0 Å². The van der Waals surface area contributed by atoms with Crippen LogP contribution in [0.1, 0.15) is 5.89 Å². The number of halogens is 1. The van der Waals surface area contributed by atoms with Crippen molar-refractivity contribution in [2.45, 2.75) is 10.8 Å². The highest BCUT2D eigenvalue weighted by Crippen LogP contribution is 2.35. The van der Waals surface area contributed by atoms with Crippen LogP contribution in [-0.4, -0.2) is 27.1 Å². The fourth-order valence-electron chi connectivity index (χ4n) is 2.77. The zero-order valence-electron chi connectivity index (χ0n) is 14.9. The molecule has 0 saturated carbocycles. The fourth-order valence-corrected chi connectivity index (χ4v) is 3.43. The highest BCUT2D eigenvalue weighted by molar-refractivity contribution is 7.98. The van der Waals surface area contributed by atoms with E-state index in [1.165, 1.54) is 23.9 Å². The Labute approximate surface area is 168 Å². The van der Waals surface area contributed by atoms with Crippen LogP contribution in [0.25, 0.3) is 22.6 Å². The van der Waals surface area contributed by atoms with Gasteiger partial charge in [-0.05, 0) is 54.6 Å². The highest BCUT2D eigenvalue weighted by Gasteiger charge is 2.16. The molecule has 0 radical (unpaired) electrons. The predicted octanol–water partition coefficient (Wildman–Crippen LogP) is 4.35. The zero-order chi connectivity index (χ0) is 19.6. The molecule has 3 heterocycles. The lowest BCUT2D eigenvalue weighted by molar-refractivity contribution is 0.174. The second-order valence-corrected chi connectivity index (χ2v) is 7.13. The van der Waals surface area contributed by atoms with Gasteiger partial charge in [0.15, 0.2) is 11.5 Å². The molecular weight excluding hydrogens is 395 g/mol. The summed E-state index contributed by atoms with van der Waals surface area (Å²) < 4.78 is 29.0. The first-order chi connectivity index (χ1) is 14.2. The van der Waals surface area contributed by atoms with Gasteiger partial charge >= 0.3 is 0 Å². The molecule has 0 unspecified atom stereocenters. The molecule has 29 heavy (non-hydrogen) atoms. The molecule has 0 atom stereocenters. The molecule has 2 aromatic heterocycles. The van der Waals surface area contributed by atoms with Gasteiger partial charge in [-0.2, -0.15) is 4.98 Å². The van der Waals surface area contributed by atoms with Crippen molar-refractivity contribution < 1.29 is 18.4 Å². The third-order valence-electron chi connectivity index (χ3n) is 4.22. The second-order valence-electron chi connectivity index (χ2n) is 6.13. The van der Waals surface area contributed by atoms with Gasteiger partial charge in [0.1, 0.15) is 10.8 Å². The first-order valence-corrected chi connectivity index (χ1v) is 9.68. The van der Waals surface area contributed by atoms with E-state index in [0.29, 0.717) is 34.7 Å². The predicted molar refractivity (Wildman–Crippen MR) is 103 cm³/mol. The number of benzene rings is 2. The number of fused-ring (bicyclic) bond motifs is 1. The van der Waals surface area contributed by atoms with Crippen LogP contribution in [0.2, 0.25) is 0 Å². The largest absolute Gasteiger partial charge is 0.454 e. The number of hydrogen-bond acceptors (Lipinski definition) is 8. The Kier molecular flexibility index (Phi) is 4.57. The lowest BCUT2D eigenvalue weighted by Crippen LogP contribution is -1.92. The monoisotopic (exact) mass is 408 g/mol. The van der Waals surface area contributed by atoms with Crippen molar-refractivity contribution in [2.75, 3.05) is 6.79 Å². The standard InChI is InChI=1S/C20H13FN4O3S/c21-14-4-1-12(2-5-14)15-6-8-19(24-23-15)29-10-18-22-20(25-28-18)13-3-7-16-17(9-13)27-11-26-16/h1-9H,10-11H2. The fraction of sp³-hybridized carbons (Fsp3) is 0.100. The molecule has 0 saturated heterocycles. The molecule has 7 nitrogen and oxygen atoms in total. The Hall–Kier alpha value is -3.46. The van der Waals surface area contributed by atoms with Crippen LogP contribution in [0.3, 0.4) is 0 Å². The van der Waals surface area contributed by atoms with Crippen LogP contribution in [0.4, 0.5) is 4.39 Å². The number of ether oxygens (including phenoxy) is 2. The minimum absolute atomic E-state index is 0.216. The van der Waals surface area contributed by atoms with E-state index in [1.54, 1.807) is 12.1 Å². The Morgan fingerprint density at radius 1 is 0.897 bits per heavy atom. The van der Waals surface area contributed by atoms with Gasteiger partial charge in [-0.15, -0.1) is 10.2 Å². The van der Waals surface area contributed by atoms with Crippen LogP contribution in [0.5, 0.6) is 11.5 Å². The van der Waals surface area contributed by atoms with E-state index in [-0.39, 0.29) is 12.6 Å².